The van der Waals surface area contributed by atoms with E-state index in [0.717, 1.165) is 40.7 Å². The molecule has 1 aromatic carbocycles. The Morgan fingerprint density at radius 3 is 2.50 bits per heavy atom. The summed E-state index contributed by atoms with van der Waals surface area (Å²) in [4.78, 5) is 11.9. The van der Waals surface area contributed by atoms with E-state index in [0.29, 0.717) is 30.1 Å². The number of aliphatic hydroxyl groups is 1. The van der Waals surface area contributed by atoms with Gasteiger partial charge in [-0.15, -0.1) is 0 Å². The highest BCUT2D eigenvalue weighted by Gasteiger charge is 2.31. The third kappa shape index (κ3) is 3.72. The second kappa shape index (κ2) is 8.65. The van der Waals surface area contributed by atoms with Gasteiger partial charge in [0.05, 0.1) is 27.9 Å². The van der Waals surface area contributed by atoms with Crippen LogP contribution in [0.15, 0.2) is 35.4 Å². The molecule has 150 valence electrons. The Balaban J connectivity index is 2.27. The zero-order chi connectivity index (χ0) is 20.3. The van der Waals surface area contributed by atoms with Crippen molar-refractivity contribution < 1.29 is 24.1 Å². The maximum Gasteiger partial charge on any atom is 0.203 e. The van der Waals surface area contributed by atoms with E-state index in [2.05, 4.69) is 6.08 Å². The summed E-state index contributed by atoms with van der Waals surface area (Å²) < 4.78 is 16.9. The van der Waals surface area contributed by atoms with Gasteiger partial charge in [-0.2, -0.15) is 0 Å². The molecule has 0 amide bonds. The number of Topliss-reactive ketones (excluding diaryl/α,β-unsaturated/α-hetero) is 1. The zero-order valence-corrected chi connectivity index (χ0v) is 17.0. The van der Waals surface area contributed by atoms with Crippen molar-refractivity contribution in [3.8, 4) is 17.2 Å². The van der Waals surface area contributed by atoms with Crippen molar-refractivity contribution in [2.24, 2.45) is 5.92 Å². The minimum Gasteiger partial charge on any atom is -0.493 e. The minimum absolute atomic E-state index is 0.0147. The lowest BCUT2D eigenvalue weighted by atomic mass is 9.85. The largest absolute Gasteiger partial charge is 0.493 e. The van der Waals surface area contributed by atoms with Gasteiger partial charge < -0.3 is 24.1 Å². The number of ether oxygens (including phenoxy) is 3. The van der Waals surface area contributed by atoms with Crippen LogP contribution in [-0.4, -0.2) is 38.8 Å². The molecule has 0 bridgehead atoms. The molecule has 0 saturated carbocycles. The van der Waals surface area contributed by atoms with Gasteiger partial charge >= 0.3 is 0 Å². The van der Waals surface area contributed by atoms with E-state index in [-0.39, 0.29) is 18.3 Å². The van der Waals surface area contributed by atoms with Crippen LogP contribution in [0.1, 0.15) is 37.3 Å². The Bertz CT molecular complexity index is 860. The topological polar surface area (TPSA) is 65.0 Å². The van der Waals surface area contributed by atoms with Crippen LogP contribution >= 0.6 is 0 Å². The molecule has 1 aromatic rings. The third-order valence-corrected chi connectivity index (χ3v) is 5.50. The van der Waals surface area contributed by atoms with Gasteiger partial charge in [0.25, 0.3) is 0 Å². The van der Waals surface area contributed by atoms with E-state index < -0.39 is 0 Å². The molecule has 2 aliphatic rings. The molecular weight excluding hydrogens is 356 g/mol. The maximum absolute atomic E-state index is 11.9. The van der Waals surface area contributed by atoms with Crippen molar-refractivity contribution in [3.63, 3.8) is 0 Å². The first-order valence-electron chi connectivity index (χ1n) is 9.56. The molecule has 2 aliphatic carbocycles. The first-order valence-corrected chi connectivity index (χ1v) is 9.56. The Morgan fingerprint density at radius 2 is 1.89 bits per heavy atom. The van der Waals surface area contributed by atoms with Crippen LogP contribution in [0.4, 0.5) is 0 Å². The van der Waals surface area contributed by atoms with E-state index in [1.54, 1.807) is 28.3 Å². The van der Waals surface area contributed by atoms with Crippen molar-refractivity contribution in [1.82, 2.24) is 0 Å². The van der Waals surface area contributed by atoms with Crippen LogP contribution in [0.5, 0.6) is 17.2 Å². The van der Waals surface area contributed by atoms with E-state index in [9.17, 15) is 9.90 Å². The third-order valence-electron chi connectivity index (χ3n) is 5.50. The van der Waals surface area contributed by atoms with Crippen molar-refractivity contribution in [2.45, 2.75) is 32.6 Å². The Hall–Kier alpha value is -2.53. The summed E-state index contributed by atoms with van der Waals surface area (Å²) in [5, 5.41) is 9.62. The number of aryl methyl sites for hydroxylation is 1. The average molecular weight is 384 g/mol. The summed E-state index contributed by atoms with van der Waals surface area (Å²) in [6, 6.07) is 2.01. The fourth-order valence-electron chi connectivity index (χ4n) is 4.19. The summed E-state index contributed by atoms with van der Waals surface area (Å²) >= 11 is 0. The number of methoxy groups -OCH3 is 3. The maximum atomic E-state index is 11.9. The lowest BCUT2D eigenvalue weighted by molar-refractivity contribution is -0.117. The van der Waals surface area contributed by atoms with Crippen molar-refractivity contribution in [1.29, 1.82) is 0 Å². The number of aliphatic hydroxyl groups excluding tert-OH is 1. The van der Waals surface area contributed by atoms with Crippen LogP contribution in [0.3, 0.4) is 0 Å². The SMILES string of the molecule is COc1cc2c(c(OC)c1OC)C1=CC=C(CO)CC=C1[C@@H](CC(C)=O)CC2. The van der Waals surface area contributed by atoms with Crippen LogP contribution in [0.25, 0.3) is 5.57 Å². The number of hydrogen-bond acceptors (Lipinski definition) is 5. The van der Waals surface area contributed by atoms with Crippen molar-refractivity contribution in [2.75, 3.05) is 27.9 Å². The van der Waals surface area contributed by atoms with E-state index in [4.69, 9.17) is 14.2 Å². The predicted octanol–water partition coefficient (Wildman–Crippen LogP) is 3.89. The molecule has 0 aliphatic heterocycles. The smallest absolute Gasteiger partial charge is 0.203 e. The second-order valence-electron chi connectivity index (χ2n) is 7.25. The Kier molecular flexibility index (Phi) is 6.25. The number of ketones is 1. The highest BCUT2D eigenvalue weighted by Crippen LogP contribution is 2.50. The number of carbonyl (C=O) groups excluding carboxylic acids is 1. The molecule has 0 spiro atoms. The lowest BCUT2D eigenvalue weighted by Gasteiger charge is -2.22. The minimum atomic E-state index is 0.0147. The number of benzene rings is 1. The number of rotatable bonds is 6. The molecular formula is C23H28O5. The van der Waals surface area contributed by atoms with Crippen LogP contribution in [0, 0.1) is 5.92 Å². The summed E-state index contributed by atoms with van der Waals surface area (Å²) in [6.07, 6.45) is 9.01. The molecule has 0 saturated heterocycles. The lowest BCUT2D eigenvalue weighted by Crippen LogP contribution is -2.09. The highest BCUT2D eigenvalue weighted by atomic mass is 16.5. The van der Waals surface area contributed by atoms with Gasteiger partial charge in [-0.3, -0.25) is 0 Å². The molecule has 0 aromatic heterocycles. The van der Waals surface area contributed by atoms with Gasteiger partial charge in [0.2, 0.25) is 5.75 Å². The Labute approximate surface area is 166 Å². The predicted molar refractivity (Wildman–Crippen MR) is 109 cm³/mol. The zero-order valence-electron chi connectivity index (χ0n) is 17.0. The molecule has 3 rings (SSSR count). The molecule has 0 heterocycles. The molecule has 28 heavy (non-hydrogen) atoms. The van der Waals surface area contributed by atoms with Gasteiger partial charge in [-0.05, 0) is 60.5 Å². The van der Waals surface area contributed by atoms with Gasteiger partial charge in [-0.25, -0.2) is 0 Å². The quantitative estimate of drug-likeness (QED) is 0.806. The van der Waals surface area contributed by atoms with Gasteiger partial charge in [0.1, 0.15) is 5.78 Å². The molecule has 0 unspecified atom stereocenters. The second-order valence-corrected chi connectivity index (χ2v) is 7.25. The van der Waals surface area contributed by atoms with Crippen molar-refractivity contribution in [3.05, 3.63) is 46.6 Å². The normalized spacial score (nSPS) is 18.5. The molecule has 0 radical (unpaired) electrons. The summed E-state index contributed by atoms with van der Waals surface area (Å²) in [7, 11) is 4.85. The fraction of sp³-hybridized carbons (Fsp3) is 0.435. The number of fused-ring (bicyclic) bond motifs is 3. The molecule has 1 atom stereocenters. The van der Waals surface area contributed by atoms with E-state index >= 15 is 0 Å². The monoisotopic (exact) mass is 384 g/mol. The standard InChI is InChI=1S/C23H28O5/c1-14(25)11-16-7-8-17-12-20(26-2)22(27-3)23(28-4)21(17)19-10-6-15(13-24)5-9-18(16)19/h6,9-10,12,16,24H,5,7-8,11,13H2,1-4H3/t16-/m1/s1. The van der Waals surface area contributed by atoms with Gasteiger partial charge in [-0.1, -0.05) is 18.2 Å². The van der Waals surface area contributed by atoms with Crippen molar-refractivity contribution >= 4 is 11.4 Å². The first kappa shape index (κ1) is 20.2. The fourth-order valence-corrected chi connectivity index (χ4v) is 4.19. The number of hydrogen-bond donors (Lipinski definition) is 1. The number of allylic oxidation sites excluding steroid dienone is 5. The summed E-state index contributed by atoms with van der Waals surface area (Å²) in [5.41, 5.74) is 5.20. The van der Waals surface area contributed by atoms with Crippen LogP contribution in [-0.2, 0) is 11.2 Å². The molecule has 5 nitrogen and oxygen atoms in total. The molecule has 5 heteroatoms. The van der Waals surface area contributed by atoms with Gasteiger partial charge in [0, 0.05) is 12.0 Å². The molecule has 0 fully saturated rings. The Morgan fingerprint density at radius 1 is 1.14 bits per heavy atom. The van der Waals surface area contributed by atoms with Crippen LogP contribution in [0.2, 0.25) is 0 Å². The summed E-state index contributed by atoms with van der Waals surface area (Å²) in [5.74, 6) is 2.14. The highest BCUT2D eigenvalue weighted by molar-refractivity contribution is 5.89. The summed E-state index contributed by atoms with van der Waals surface area (Å²) in [6.45, 7) is 1.66. The average Bonchev–Trinajstić information content (AvgIpc) is 2.98. The van der Waals surface area contributed by atoms with E-state index in [1.165, 1.54) is 0 Å². The molecule has 1 N–H and O–H groups in total. The number of carbonyl (C=O) groups is 1. The van der Waals surface area contributed by atoms with Gasteiger partial charge in [0.15, 0.2) is 11.5 Å². The first-order chi connectivity index (χ1) is 13.5. The van der Waals surface area contributed by atoms with E-state index in [1.807, 2.05) is 18.2 Å². The van der Waals surface area contributed by atoms with Crippen LogP contribution < -0.4 is 14.2 Å².